The van der Waals surface area contributed by atoms with Crippen LogP contribution in [0, 0.1) is 11.8 Å². The van der Waals surface area contributed by atoms with Crippen LogP contribution < -0.4 is 31.9 Å². The third-order valence-corrected chi connectivity index (χ3v) is 7.78. The van der Waals surface area contributed by atoms with Crippen LogP contribution in [-0.2, 0) is 24.0 Å². The number of thioether (sulfide) groups is 1. The summed E-state index contributed by atoms with van der Waals surface area (Å²) in [5, 5.41) is 26.3. The van der Waals surface area contributed by atoms with Gasteiger partial charge in [-0.05, 0) is 63.0 Å². The summed E-state index contributed by atoms with van der Waals surface area (Å²) in [5.74, 6) is -1.97. The van der Waals surface area contributed by atoms with E-state index < -0.39 is 35.9 Å². The molecule has 5 amide bonds. The predicted molar refractivity (Wildman–Crippen MR) is 178 cm³/mol. The van der Waals surface area contributed by atoms with E-state index in [4.69, 9.17) is 0 Å². The smallest absolute Gasteiger partial charge is 0.326 e. The lowest BCUT2D eigenvalue weighted by Crippen LogP contribution is -2.57. The summed E-state index contributed by atoms with van der Waals surface area (Å²) in [4.78, 5) is 74.1. The zero-order valence-electron chi connectivity index (χ0n) is 28.1. The highest BCUT2D eigenvalue weighted by Crippen LogP contribution is 2.09. The first-order valence-corrected chi connectivity index (χ1v) is 17.6. The second kappa shape index (κ2) is 25.3. The zero-order chi connectivity index (χ0) is 34.2. The number of unbranched alkanes of at least 4 members (excludes halogenated alkanes) is 3. The first-order valence-electron chi connectivity index (χ1n) is 16.2. The van der Waals surface area contributed by atoms with E-state index in [-0.39, 0.29) is 42.4 Å². The van der Waals surface area contributed by atoms with E-state index in [9.17, 15) is 33.9 Å². The van der Waals surface area contributed by atoms with E-state index in [0.29, 0.717) is 51.1 Å². The molecular formula is C31H58N6O7S. The number of hydrogen-bond donors (Lipinski definition) is 7. The van der Waals surface area contributed by atoms with Crippen LogP contribution >= 0.6 is 11.8 Å². The maximum absolute atomic E-state index is 13.1. The normalized spacial score (nSPS) is 13.1. The SMILES string of the molecule is CCNCCC(=O)N[C@@H](CCSC)C(=O)N[C@H](C(=O)N[C@@H](CCCCNC(=O)NCCCCCC(=O)C(C)C)C(=O)O)C(C)C. The minimum absolute atomic E-state index is 0.0490. The van der Waals surface area contributed by atoms with E-state index in [0.717, 1.165) is 25.8 Å². The Hall–Kier alpha value is -2.87. The number of rotatable bonds is 26. The van der Waals surface area contributed by atoms with E-state index >= 15 is 0 Å². The van der Waals surface area contributed by atoms with E-state index in [2.05, 4.69) is 31.9 Å². The van der Waals surface area contributed by atoms with Gasteiger partial charge in [0.05, 0.1) is 0 Å². The molecule has 0 unspecified atom stereocenters. The van der Waals surface area contributed by atoms with Crippen molar-refractivity contribution < 1.29 is 33.9 Å². The quantitative estimate of drug-likeness (QED) is 0.0682. The maximum atomic E-state index is 13.1. The number of carboxylic acid groups (broad SMARTS) is 1. The maximum Gasteiger partial charge on any atom is 0.326 e. The summed E-state index contributed by atoms with van der Waals surface area (Å²) in [7, 11) is 0. The average Bonchev–Trinajstić information content (AvgIpc) is 2.98. The highest BCUT2D eigenvalue weighted by atomic mass is 32.2. The third kappa shape index (κ3) is 20.7. The van der Waals surface area contributed by atoms with Crippen molar-refractivity contribution in [3.05, 3.63) is 0 Å². The molecule has 0 radical (unpaired) electrons. The summed E-state index contributed by atoms with van der Waals surface area (Å²) in [6, 6.07) is -3.28. The highest BCUT2D eigenvalue weighted by molar-refractivity contribution is 7.98. The van der Waals surface area contributed by atoms with Crippen LogP contribution in [0.2, 0.25) is 0 Å². The van der Waals surface area contributed by atoms with Crippen LogP contribution in [-0.4, -0.2) is 96.9 Å². The fraction of sp³-hybridized carbons (Fsp3) is 0.806. The van der Waals surface area contributed by atoms with Gasteiger partial charge in [-0.25, -0.2) is 9.59 Å². The molecule has 0 aromatic rings. The molecule has 0 saturated heterocycles. The minimum Gasteiger partial charge on any atom is -0.480 e. The molecule has 13 nitrogen and oxygen atoms in total. The van der Waals surface area contributed by atoms with Crippen molar-refractivity contribution >= 4 is 47.3 Å². The lowest BCUT2D eigenvalue weighted by molar-refractivity contribution is -0.142. The van der Waals surface area contributed by atoms with Crippen LogP contribution in [0.5, 0.6) is 0 Å². The Balaban J connectivity index is 4.72. The molecule has 14 heteroatoms. The highest BCUT2D eigenvalue weighted by Gasteiger charge is 2.31. The molecule has 0 bridgehead atoms. The number of aliphatic carboxylic acids is 1. The molecule has 0 aliphatic carbocycles. The van der Waals surface area contributed by atoms with Crippen molar-refractivity contribution in [3.8, 4) is 0 Å². The van der Waals surface area contributed by atoms with Gasteiger partial charge in [0.1, 0.15) is 23.9 Å². The summed E-state index contributed by atoms with van der Waals surface area (Å²) >= 11 is 1.53. The number of amides is 5. The van der Waals surface area contributed by atoms with Gasteiger partial charge in [0.15, 0.2) is 0 Å². The third-order valence-electron chi connectivity index (χ3n) is 7.14. The monoisotopic (exact) mass is 658 g/mol. The predicted octanol–water partition coefficient (Wildman–Crippen LogP) is 2.19. The van der Waals surface area contributed by atoms with Crippen LogP contribution in [0.4, 0.5) is 4.79 Å². The molecule has 260 valence electrons. The topological polar surface area (TPSA) is 195 Å². The lowest BCUT2D eigenvalue weighted by atomic mass is 10.0. The van der Waals surface area contributed by atoms with Gasteiger partial charge in [0.2, 0.25) is 17.7 Å². The Morgan fingerprint density at radius 2 is 1.36 bits per heavy atom. The lowest BCUT2D eigenvalue weighted by Gasteiger charge is -2.26. The van der Waals surface area contributed by atoms with Crippen LogP contribution in [0.1, 0.15) is 92.4 Å². The molecule has 0 aromatic heterocycles. The Kier molecular flexibility index (Phi) is 23.7. The summed E-state index contributed by atoms with van der Waals surface area (Å²) in [5.41, 5.74) is 0. The van der Waals surface area contributed by atoms with Gasteiger partial charge in [-0.3, -0.25) is 19.2 Å². The standard InChI is InChI=1S/C31H58N6O7S/c1-7-32-19-15-26(39)35-23(16-20-45-6)28(40)37-27(22(4)5)29(41)36-24(30(42)43)13-10-12-18-34-31(44)33-17-11-8-9-14-25(38)21(2)3/h21-24,27,32H,7-20H2,1-6H3,(H,35,39)(H,36,41)(H,37,40)(H,42,43)(H2,33,34,44)/t23-,24-,27-/m0/s1. The number of ketones is 1. The number of nitrogens with one attached hydrogen (secondary N) is 6. The van der Waals surface area contributed by atoms with Crippen molar-refractivity contribution in [2.75, 3.05) is 38.2 Å². The van der Waals surface area contributed by atoms with Gasteiger partial charge in [-0.2, -0.15) is 11.8 Å². The van der Waals surface area contributed by atoms with Crippen molar-refractivity contribution in [1.29, 1.82) is 0 Å². The number of urea groups is 1. The first kappa shape index (κ1) is 42.1. The van der Waals surface area contributed by atoms with Gasteiger partial charge in [0, 0.05) is 38.4 Å². The van der Waals surface area contributed by atoms with Crippen molar-refractivity contribution in [3.63, 3.8) is 0 Å². The molecule has 0 aliphatic rings. The average molecular weight is 659 g/mol. The number of hydrogen-bond acceptors (Lipinski definition) is 8. The number of carboxylic acids is 1. The first-order chi connectivity index (χ1) is 21.3. The molecule has 0 rings (SSSR count). The van der Waals surface area contributed by atoms with Crippen LogP contribution in [0.25, 0.3) is 0 Å². The molecule has 0 spiro atoms. The van der Waals surface area contributed by atoms with Gasteiger partial charge in [-0.1, -0.05) is 41.0 Å². The number of carbonyl (C=O) groups excluding carboxylic acids is 5. The van der Waals surface area contributed by atoms with Gasteiger partial charge in [0.25, 0.3) is 0 Å². The molecule has 0 fully saturated rings. The summed E-state index contributed by atoms with van der Waals surface area (Å²) in [6.07, 6.45) is 6.60. The van der Waals surface area contributed by atoms with E-state index in [1.807, 2.05) is 27.0 Å². The molecule has 7 N–H and O–H groups in total. The Morgan fingerprint density at radius 3 is 1.91 bits per heavy atom. The van der Waals surface area contributed by atoms with Crippen molar-refractivity contribution in [1.82, 2.24) is 31.9 Å². The van der Waals surface area contributed by atoms with Crippen LogP contribution in [0.15, 0.2) is 0 Å². The van der Waals surface area contributed by atoms with Crippen molar-refractivity contribution in [2.45, 2.75) is 111 Å². The molecule has 45 heavy (non-hydrogen) atoms. The molecular weight excluding hydrogens is 600 g/mol. The molecule has 0 aromatic carbocycles. The number of carbonyl (C=O) groups is 6. The molecule has 0 saturated carbocycles. The number of Topliss-reactive ketones (excluding diaryl/α,β-unsaturated/α-hetero) is 1. The minimum atomic E-state index is -1.19. The Morgan fingerprint density at radius 1 is 0.711 bits per heavy atom. The Labute approximate surface area is 273 Å². The molecule has 0 aliphatic heterocycles. The van der Waals surface area contributed by atoms with E-state index in [1.54, 1.807) is 13.8 Å². The summed E-state index contributed by atoms with van der Waals surface area (Å²) in [6.45, 7) is 11.3. The van der Waals surface area contributed by atoms with Gasteiger partial charge >= 0.3 is 12.0 Å². The van der Waals surface area contributed by atoms with Crippen molar-refractivity contribution in [2.24, 2.45) is 11.8 Å². The van der Waals surface area contributed by atoms with Crippen LogP contribution in [0.3, 0.4) is 0 Å². The fourth-order valence-corrected chi connectivity index (χ4v) is 4.76. The zero-order valence-corrected chi connectivity index (χ0v) is 28.9. The molecule has 0 heterocycles. The molecule has 3 atom stereocenters. The fourth-order valence-electron chi connectivity index (χ4n) is 4.29. The summed E-state index contributed by atoms with van der Waals surface area (Å²) < 4.78 is 0. The second-order valence-corrected chi connectivity index (χ2v) is 12.7. The van der Waals surface area contributed by atoms with Gasteiger partial charge in [-0.15, -0.1) is 0 Å². The Bertz CT molecular complexity index is 919. The largest absolute Gasteiger partial charge is 0.480 e. The van der Waals surface area contributed by atoms with E-state index in [1.165, 1.54) is 11.8 Å². The van der Waals surface area contributed by atoms with Gasteiger partial charge < -0.3 is 37.0 Å². The second-order valence-electron chi connectivity index (χ2n) is 11.7.